The van der Waals surface area contributed by atoms with Crippen molar-refractivity contribution in [1.82, 2.24) is 10.6 Å². The van der Waals surface area contributed by atoms with E-state index in [9.17, 15) is 4.79 Å². The van der Waals surface area contributed by atoms with Crippen molar-refractivity contribution in [2.24, 2.45) is 5.41 Å². The van der Waals surface area contributed by atoms with Gasteiger partial charge >= 0.3 is 0 Å². The summed E-state index contributed by atoms with van der Waals surface area (Å²) in [5.41, 5.74) is 0.687. The highest BCUT2D eigenvalue weighted by molar-refractivity contribution is 7.80. The van der Waals surface area contributed by atoms with Gasteiger partial charge in [-0.3, -0.25) is 4.79 Å². The number of amides is 1. The summed E-state index contributed by atoms with van der Waals surface area (Å²) < 4.78 is 0. The fourth-order valence-electron chi connectivity index (χ4n) is 1.35. The predicted molar refractivity (Wildman–Crippen MR) is 78.2 cm³/mol. The molecule has 0 saturated heterocycles. The van der Waals surface area contributed by atoms with Crippen molar-refractivity contribution >= 4 is 23.2 Å². The van der Waals surface area contributed by atoms with E-state index in [1.807, 2.05) is 58.0 Å². The van der Waals surface area contributed by atoms with E-state index in [1.165, 1.54) is 0 Å². The Morgan fingerprint density at radius 1 is 1.22 bits per heavy atom. The minimum absolute atomic E-state index is 0.0685. The van der Waals surface area contributed by atoms with E-state index >= 15 is 0 Å². The number of nitrogens with one attached hydrogen (secondary N) is 2. The Morgan fingerprint density at radius 3 is 2.28 bits per heavy atom. The van der Waals surface area contributed by atoms with E-state index in [2.05, 4.69) is 10.6 Å². The summed E-state index contributed by atoms with van der Waals surface area (Å²) in [6, 6.07) is 10.0. The molecule has 0 aliphatic heterocycles. The van der Waals surface area contributed by atoms with Crippen LogP contribution in [0.2, 0.25) is 0 Å². The quantitative estimate of drug-likeness (QED) is 0.807. The lowest BCUT2D eigenvalue weighted by Gasteiger charge is -2.21. The molecule has 0 heterocycles. The summed E-state index contributed by atoms with van der Waals surface area (Å²) in [7, 11) is 0. The third kappa shape index (κ3) is 4.45. The van der Waals surface area contributed by atoms with Gasteiger partial charge in [0.1, 0.15) is 0 Å². The van der Waals surface area contributed by atoms with Crippen LogP contribution in [0.15, 0.2) is 30.3 Å². The van der Waals surface area contributed by atoms with Gasteiger partial charge in [-0.25, -0.2) is 0 Å². The van der Waals surface area contributed by atoms with Gasteiger partial charge in [-0.15, -0.1) is 0 Å². The summed E-state index contributed by atoms with van der Waals surface area (Å²) in [5.74, 6) is -0.0831. The fourth-order valence-corrected chi connectivity index (χ4v) is 1.62. The van der Waals surface area contributed by atoms with Crippen molar-refractivity contribution in [1.29, 1.82) is 0 Å². The van der Waals surface area contributed by atoms with E-state index < -0.39 is 5.41 Å². The molecular weight excluding hydrogens is 244 g/mol. The zero-order valence-electron chi connectivity index (χ0n) is 11.3. The minimum Gasteiger partial charge on any atom is -0.356 e. The van der Waals surface area contributed by atoms with E-state index in [-0.39, 0.29) is 11.9 Å². The molecule has 0 radical (unpaired) electrons. The second-order valence-corrected chi connectivity index (χ2v) is 5.72. The van der Waals surface area contributed by atoms with Crippen LogP contribution >= 0.6 is 12.2 Å². The average Bonchev–Trinajstić information content (AvgIpc) is 2.28. The first kappa shape index (κ1) is 14.6. The monoisotopic (exact) mass is 264 g/mol. The van der Waals surface area contributed by atoms with Gasteiger partial charge in [0.25, 0.3) is 0 Å². The molecule has 4 heteroatoms. The van der Waals surface area contributed by atoms with Crippen LogP contribution in [-0.4, -0.2) is 11.0 Å². The van der Waals surface area contributed by atoms with Crippen molar-refractivity contribution < 1.29 is 4.79 Å². The van der Waals surface area contributed by atoms with Gasteiger partial charge in [0.05, 0.1) is 6.04 Å². The summed E-state index contributed by atoms with van der Waals surface area (Å²) in [4.78, 5) is 11.8. The number of carbonyl (C=O) groups is 1. The van der Waals surface area contributed by atoms with Crippen molar-refractivity contribution in [3.05, 3.63) is 35.9 Å². The van der Waals surface area contributed by atoms with Crippen LogP contribution in [-0.2, 0) is 4.79 Å². The van der Waals surface area contributed by atoms with Gasteiger partial charge in [0.15, 0.2) is 5.11 Å². The van der Waals surface area contributed by atoms with Crippen LogP contribution in [0, 0.1) is 5.41 Å². The van der Waals surface area contributed by atoms with Gasteiger partial charge in [0, 0.05) is 5.41 Å². The molecule has 1 aromatic rings. The number of benzene rings is 1. The molecule has 0 aromatic heterocycles. The molecule has 0 aliphatic rings. The highest BCUT2D eigenvalue weighted by atomic mass is 32.1. The molecular formula is C14H20N2OS. The summed E-state index contributed by atoms with van der Waals surface area (Å²) in [6.45, 7) is 7.56. The van der Waals surface area contributed by atoms with E-state index in [0.717, 1.165) is 5.56 Å². The smallest absolute Gasteiger partial charge is 0.231 e. The maximum Gasteiger partial charge on any atom is 0.231 e. The molecule has 0 bridgehead atoms. The Balaban J connectivity index is 2.54. The standard InChI is InChI=1S/C14H20N2OS/c1-10(11-8-6-5-7-9-11)15-13(18)16-12(17)14(2,3)4/h5-10H,1-4H3,(H2,15,16,17,18)/t10-/m0/s1. The molecule has 0 saturated carbocycles. The van der Waals surface area contributed by atoms with Gasteiger partial charge in [-0.05, 0) is 24.7 Å². The first-order valence-electron chi connectivity index (χ1n) is 5.97. The molecule has 0 fully saturated rings. The molecule has 98 valence electrons. The van der Waals surface area contributed by atoms with Crippen LogP contribution < -0.4 is 10.6 Å². The van der Waals surface area contributed by atoms with Gasteiger partial charge < -0.3 is 10.6 Å². The maximum absolute atomic E-state index is 11.8. The molecule has 1 atom stereocenters. The molecule has 0 aliphatic carbocycles. The lowest BCUT2D eigenvalue weighted by Crippen LogP contribution is -2.45. The number of carbonyl (C=O) groups excluding carboxylic acids is 1. The maximum atomic E-state index is 11.8. The number of hydrogen-bond donors (Lipinski definition) is 2. The Morgan fingerprint density at radius 2 is 1.78 bits per heavy atom. The lowest BCUT2D eigenvalue weighted by molar-refractivity contribution is -0.126. The molecule has 3 nitrogen and oxygen atoms in total. The normalized spacial score (nSPS) is 12.7. The summed E-state index contributed by atoms with van der Waals surface area (Å²) in [5, 5.41) is 6.17. The Kier molecular flexibility index (Phi) is 4.84. The molecule has 1 aromatic carbocycles. The summed E-state index contributed by atoms with van der Waals surface area (Å²) >= 11 is 5.13. The Bertz CT molecular complexity index is 423. The first-order valence-corrected chi connectivity index (χ1v) is 6.38. The molecule has 18 heavy (non-hydrogen) atoms. The SMILES string of the molecule is C[C@H](NC(=S)NC(=O)C(C)(C)C)c1ccccc1. The second-order valence-electron chi connectivity index (χ2n) is 5.31. The minimum atomic E-state index is -0.443. The fraction of sp³-hybridized carbons (Fsp3) is 0.429. The van der Waals surface area contributed by atoms with Crippen LogP contribution in [0.25, 0.3) is 0 Å². The Labute approximate surface area is 114 Å². The third-order valence-corrected chi connectivity index (χ3v) is 2.78. The van der Waals surface area contributed by atoms with Crippen molar-refractivity contribution in [3.8, 4) is 0 Å². The highest BCUT2D eigenvalue weighted by Crippen LogP contribution is 2.13. The van der Waals surface area contributed by atoms with Crippen LogP contribution in [0.4, 0.5) is 0 Å². The zero-order chi connectivity index (χ0) is 13.8. The van der Waals surface area contributed by atoms with Crippen molar-refractivity contribution in [2.75, 3.05) is 0 Å². The predicted octanol–water partition coefficient (Wildman–Crippen LogP) is 2.78. The van der Waals surface area contributed by atoms with E-state index in [4.69, 9.17) is 12.2 Å². The van der Waals surface area contributed by atoms with Crippen molar-refractivity contribution in [2.45, 2.75) is 33.7 Å². The Hall–Kier alpha value is -1.42. The van der Waals surface area contributed by atoms with Crippen LogP contribution in [0.3, 0.4) is 0 Å². The average molecular weight is 264 g/mol. The first-order chi connectivity index (χ1) is 8.30. The molecule has 1 rings (SSSR count). The number of thiocarbonyl (C=S) groups is 1. The molecule has 0 spiro atoms. The van der Waals surface area contributed by atoms with Crippen molar-refractivity contribution in [3.63, 3.8) is 0 Å². The van der Waals surface area contributed by atoms with Crippen LogP contribution in [0.1, 0.15) is 39.3 Å². The van der Waals surface area contributed by atoms with E-state index in [1.54, 1.807) is 0 Å². The van der Waals surface area contributed by atoms with Crippen LogP contribution in [0.5, 0.6) is 0 Å². The van der Waals surface area contributed by atoms with Gasteiger partial charge in [0.2, 0.25) is 5.91 Å². The third-order valence-electron chi connectivity index (χ3n) is 2.56. The number of rotatable bonds is 2. The molecule has 0 unspecified atom stereocenters. The largest absolute Gasteiger partial charge is 0.356 e. The lowest BCUT2D eigenvalue weighted by atomic mass is 9.96. The molecule has 2 N–H and O–H groups in total. The zero-order valence-corrected chi connectivity index (χ0v) is 12.1. The van der Waals surface area contributed by atoms with Gasteiger partial charge in [-0.2, -0.15) is 0 Å². The summed E-state index contributed by atoms with van der Waals surface area (Å²) in [6.07, 6.45) is 0. The van der Waals surface area contributed by atoms with E-state index in [0.29, 0.717) is 5.11 Å². The second kappa shape index (κ2) is 5.96. The highest BCUT2D eigenvalue weighted by Gasteiger charge is 2.22. The number of hydrogen-bond acceptors (Lipinski definition) is 2. The van der Waals surface area contributed by atoms with Gasteiger partial charge in [-0.1, -0.05) is 51.1 Å². The molecule has 1 amide bonds. The topological polar surface area (TPSA) is 41.1 Å².